The van der Waals surface area contributed by atoms with E-state index in [-0.39, 0.29) is 11.9 Å². The fourth-order valence-corrected chi connectivity index (χ4v) is 1.28. The first-order chi connectivity index (χ1) is 4.79. The summed E-state index contributed by atoms with van der Waals surface area (Å²) in [5, 5.41) is 0.788. The average Bonchev–Trinajstić information content (AvgIpc) is 2.66. The molecule has 1 aliphatic rings. The number of hydrogen-bond donors (Lipinski definition) is 0. The molecule has 0 spiro atoms. The number of rotatable bonds is 3. The van der Waals surface area contributed by atoms with Crippen molar-refractivity contribution in [3.8, 4) is 0 Å². The van der Waals surface area contributed by atoms with Crippen LogP contribution in [0.25, 0.3) is 0 Å². The van der Waals surface area contributed by atoms with Crippen LogP contribution in [0.4, 0.5) is 0 Å². The normalized spacial score (nSPS) is 21.8. The van der Waals surface area contributed by atoms with Crippen molar-refractivity contribution < 1.29 is 9.53 Å². The molecular weight excluding hydrogens is 196 g/mol. The predicted molar refractivity (Wildman–Crippen MR) is 42.0 cm³/mol. The SMILES string of the molecule is CCOC(=O)C1C=C1CBr. The third-order valence-electron chi connectivity index (χ3n) is 1.37. The number of hydrogen-bond acceptors (Lipinski definition) is 2. The molecule has 0 heterocycles. The van der Waals surface area contributed by atoms with Crippen LogP contribution in [0.15, 0.2) is 11.6 Å². The van der Waals surface area contributed by atoms with Crippen LogP contribution in [0.1, 0.15) is 6.92 Å². The fourth-order valence-electron chi connectivity index (χ4n) is 0.745. The second-order valence-corrected chi connectivity index (χ2v) is 2.67. The van der Waals surface area contributed by atoms with Crippen LogP contribution in [0.2, 0.25) is 0 Å². The van der Waals surface area contributed by atoms with Gasteiger partial charge >= 0.3 is 5.97 Å². The van der Waals surface area contributed by atoms with Gasteiger partial charge in [-0.15, -0.1) is 0 Å². The monoisotopic (exact) mass is 204 g/mol. The van der Waals surface area contributed by atoms with Gasteiger partial charge in [0, 0.05) is 5.33 Å². The van der Waals surface area contributed by atoms with Crippen molar-refractivity contribution in [1.82, 2.24) is 0 Å². The molecule has 56 valence electrons. The molecule has 0 radical (unpaired) electrons. The standard InChI is InChI=1S/C7H9BrO2/c1-2-10-7(9)6-3-5(6)4-8/h3,6H,2,4H2,1H3. The maximum absolute atomic E-state index is 10.9. The zero-order chi connectivity index (χ0) is 7.56. The average molecular weight is 205 g/mol. The number of esters is 1. The number of carbonyl (C=O) groups excluding carboxylic acids is 1. The summed E-state index contributed by atoms with van der Waals surface area (Å²) in [6.07, 6.45) is 1.91. The summed E-state index contributed by atoms with van der Waals surface area (Å²) in [5.74, 6) is -0.128. The highest BCUT2D eigenvalue weighted by atomic mass is 79.9. The van der Waals surface area contributed by atoms with E-state index in [4.69, 9.17) is 4.74 Å². The van der Waals surface area contributed by atoms with Crippen molar-refractivity contribution in [3.63, 3.8) is 0 Å². The minimum Gasteiger partial charge on any atom is -0.465 e. The zero-order valence-electron chi connectivity index (χ0n) is 5.76. The highest BCUT2D eigenvalue weighted by Gasteiger charge is 2.31. The van der Waals surface area contributed by atoms with Crippen molar-refractivity contribution >= 4 is 21.9 Å². The van der Waals surface area contributed by atoms with Crippen LogP contribution in [-0.2, 0) is 9.53 Å². The summed E-state index contributed by atoms with van der Waals surface area (Å²) in [6, 6.07) is 0. The van der Waals surface area contributed by atoms with Gasteiger partial charge in [-0.2, -0.15) is 0 Å². The Morgan fingerprint density at radius 2 is 2.60 bits per heavy atom. The Bertz CT molecular complexity index is 174. The Balaban J connectivity index is 2.22. The van der Waals surface area contributed by atoms with Gasteiger partial charge in [0.1, 0.15) is 0 Å². The Morgan fingerprint density at radius 3 is 3.00 bits per heavy atom. The molecule has 0 saturated carbocycles. The molecule has 0 aliphatic heterocycles. The molecule has 0 N–H and O–H groups in total. The van der Waals surface area contributed by atoms with E-state index < -0.39 is 0 Å². The van der Waals surface area contributed by atoms with Crippen molar-refractivity contribution in [2.24, 2.45) is 5.92 Å². The lowest BCUT2D eigenvalue weighted by Crippen LogP contribution is -2.08. The number of carbonyl (C=O) groups is 1. The van der Waals surface area contributed by atoms with Crippen LogP contribution in [0.3, 0.4) is 0 Å². The van der Waals surface area contributed by atoms with E-state index in [9.17, 15) is 4.79 Å². The third-order valence-corrected chi connectivity index (χ3v) is 2.01. The highest BCUT2D eigenvalue weighted by Crippen LogP contribution is 2.31. The van der Waals surface area contributed by atoms with E-state index in [0.29, 0.717) is 6.61 Å². The Kier molecular flexibility index (Phi) is 2.49. The largest absolute Gasteiger partial charge is 0.465 e. The van der Waals surface area contributed by atoms with Gasteiger partial charge in [0.25, 0.3) is 0 Å². The smallest absolute Gasteiger partial charge is 0.316 e. The molecule has 1 atom stereocenters. The first kappa shape index (κ1) is 7.79. The lowest BCUT2D eigenvalue weighted by Gasteiger charge is -1.98. The molecule has 0 amide bonds. The van der Waals surface area contributed by atoms with Gasteiger partial charge < -0.3 is 4.74 Å². The van der Waals surface area contributed by atoms with Crippen LogP contribution < -0.4 is 0 Å². The number of ether oxygens (including phenoxy) is 1. The molecule has 10 heavy (non-hydrogen) atoms. The molecule has 1 rings (SSSR count). The topological polar surface area (TPSA) is 26.3 Å². The van der Waals surface area contributed by atoms with Gasteiger partial charge in [0.05, 0.1) is 12.5 Å². The van der Waals surface area contributed by atoms with E-state index in [2.05, 4.69) is 15.9 Å². The predicted octanol–water partition coefficient (Wildman–Crippen LogP) is 1.50. The van der Waals surface area contributed by atoms with Gasteiger partial charge in [-0.1, -0.05) is 22.0 Å². The molecule has 0 fully saturated rings. The summed E-state index contributed by atoms with van der Waals surface area (Å²) in [6.45, 7) is 2.28. The second-order valence-electron chi connectivity index (χ2n) is 2.10. The van der Waals surface area contributed by atoms with E-state index >= 15 is 0 Å². The molecule has 3 heteroatoms. The molecule has 0 saturated heterocycles. The molecule has 0 aromatic heterocycles. The second kappa shape index (κ2) is 3.19. The summed E-state index contributed by atoms with van der Waals surface area (Å²) in [5.41, 5.74) is 1.14. The van der Waals surface area contributed by atoms with Gasteiger partial charge in [0.2, 0.25) is 0 Å². The molecule has 0 aromatic rings. The first-order valence-corrected chi connectivity index (χ1v) is 4.35. The molecule has 1 unspecified atom stereocenters. The van der Waals surface area contributed by atoms with Gasteiger partial charge in [0.15, 0.2) is 0 Å². The van der Waals surface area contributed by atoms with Crippen molar-refractivity contribution in [3.05, 3.63) is 11.6 Å². The third kappa shape index (κ3) is 1.59. The molecular formula is C7H9BrO2. The Labute approximate surface area is 68.4 Å². The summed E-state index contributed by atoms with van der Waals surface area (Å²) < 4.78 is 4.79. The van der Waals surface area contributed by atoms with Crippen LogP contribution in [0, 0.1) is 5.92 Å². The van der Waals surface area contributed by atoms with Crippen LogP contribution in [-0.4, -0.2) is 17.9 Å². The Hall–Kier alpha value is -0.310. The highest BCUT2D eigenvalue weighted by molar-refractivity contribution is 9.09. The fraction of sp³-hybridized carbons (Fsp3) is 0.571. The van der Waals surface area contributed by atoms with E-state index in [1.54, 1.807) is 0 Å². The summed E-state index contributed by atoms with van der Waals surface area (Å²) in [7, 11) is 0. The van der Waals surface area contributed by atoms with E-state index in [0.717, 1.165) is 10.9 Å². The van der Waals surface area contributed by atoms with Gasteiger partial charge in [-0.25, -0.2) is 0 Å². The number of alkyl halides is 1. The summed E-state index contributed by atoms with van der Waals surface area (Å²) in [4.78, 5) is 10.9. The molecule has 0 bridgehead atoms. The van der Waals surface area contributed by atoms with Gasteiger partial charge in [-0.3, -0.25) is 4.79 Å². The minimum atomic E-state index is -0.114. The molecule has 0 aromatic carbocycles. The Morgan fingerprint density at radius 1 is 1.90 bits per heavy atom. The lowest BCUT2D eigenvalue weighted by atomic mass is 10.3. The zero-order valence-corrected chi connectivity index (χ0v) is 7.35. The van der Waals surface area contributed by atoms with Crippen LogP contribution in [0.5, 0.6) is 0 Å². The van der Waals surface area contributed by atoms with Crippen molar-refractivity contribution in [1.29, 1.82) is 0 Å². The van der Waals surface area contributed by atoms with E-state index in [1.807, 2.05) is 13.0 Å². The maximum atomic E-state index is 10.9. The molecule has 2 nitrogen and oxygen atoms in total. The first-order valence-electron chi connectivity index (χ1n) is 3.22. The minimum absolute atomic E-state index is 0.0145. The molecule has 1 aliphatic carbocycles. The quantitative estimate of drug-likeness (QED) is 0.396. The number of halogens is 1. The van der Waals surface area contributed by atoms with Crippen LogP contribution >= 0.6 is 15.9 Å². The van der Waals surface area contributed by atoms with Gasteiger partial charge in [-0.05, 0) is 12.5 Å². The maximum Gasteiger partial charge on any atom is 0.316 e. The van der Waals surface area contributed by atoms with Crippen molar-refractivity contribution in [2.45, 2.75) is 6.92 Å². The van der Waals surface area contributed by atoms with Crippen molar-refractivity contribution in [2.75, 3.05) is 11.9 Å². The van der Waals surface area contributed by atoms with E-state index in [1.165, 1.54) is 0 Å². The lowest BCUT2D eigenvalue weighted by molar-refractivity contribution is -0.143. The summed E-state index contributed by atoms with van der Waals surface area (Å²) >= 11 is 3.26.